The number of aryl methyl sites for hydroxylation is 1. The molecule has 1 aromatic carbocycles. The smallest absolute Gasteiger partial charge is 0.223 e. The zero-order valence-corrected chi connectivity index (χ0v) is 12.2. The molecule has 108 valence electrons. The standard InChI is InChI=1S/C17H24N2O/c1-12-6-9-16(11-18-12)19-17(20)15-8-7-13-4-2-3-5-14(13)10-15/h2-5,12,15-16,18H,6-11H2,1H3,(H,19,20). The predicted molar refractivity (Wildman–Crippen MR) is 80.6 cm³/mol. The number of nitrogens with one attached hydrogen (secondary N) is 2. The Hall–Kier alpha value is -1.35. The number of fused-ring (bicyclic) bond motifs is 1. The molecule has 2 aliphatic rings. The van der Waals surface area contributed by atoms with Crippen LogP contribution in [0.2, 0.25) is 0 Å². The van der Waals surface area contributed by atoms with Gasteiger partial charge < -0.3 is 10.6 Å². The van der Waals surface area contributed by atoms with Crippen molar-refractivity contribution in [2.45, 2.75) is 51.1 Å². The van der Waals surface area contributed by atoms with E-state index in [0.29, 0.717) is 12.1 Å². The number of rotatable bonds is 2. The van der Waals surface area contributed by atoms with Crippen LogP contribution in [-0.2, 0) is 17.6 Å². The Morgan fingerprint density at radius 2 is 2.00 bits per heavy atom. The van der Waals surface area contributed by atoms with Crippen LogP contribution in [0.3, 0.4) is 0 Å². The average molecular weight is 272 g/mol. The zero-order valence-electron chi connectivity index (χ0n) is 12.2. The molecule has 0 bridgehead atoms. The average Bonchev–Trinajstić information content (AvgIpc) is 2.49. The molecule has 1 saturated heterocycles. The van der Waals surface area contributed by atoms with E-state index in [2.05, 4.69) is 41.8 Å². The second kappa shape index (κ2) is 5.96. The Morgan fingerprint density at radius 3 is 2.75 bits per heavy atom. The fourth-order valence-electron chi connectivity index (χ4n) is 3.36. The van der Waals surface area contributed by atoms with Gasteiger partial charge in [-0.25, -0.2) is 0 Å². The van der Waals surface area contributed by atoms with E-state index in [0.717, 1.165) is 38.6 Å². The summed E-state index contributed by atoms with van der Waals surface area (Å²) in [7, 11) is 0. The number of amides is 1. The third-order valence-corrected chi connectivity index (χ3v) is 4.72. The number of hydrogen-bond acceptors (Lipinski definition) is 2. The first-order valence-electron chi connectivity index (χ1n) is 7.83. The SMILES string of the molecule is CC1CCC(NC(=O)C2CCc3ccccc3C2)CN1. The Labute approximate surface area is 121 Å². The maximum Gasteiger partial charge on any atom is 0.223 e. The lowest BCUT2D eigenvalue weighted by Crippen LogP contribution is -2.50. The van der Waals surface area contributed by atoms with Crippen molar-refractivity contribution in [1.29, 1.82) is 0 Å². The van der Waals surface area contributed by atoms with E-state index < -0.39 is 0 Å². The van der Waals surface area contributed by atoms with Gasteiger partial charge >= 0.3 is 0 Å². The normalized spacial score (nSPS) is 29.6. The van der Waals surface area contributed by atoms with E-state index >= 15 is 0 Å². The summed E-state index contributed by atoms with van der Waals surface area (Å²) < 4.78 is 0. The summed E-state index contributed by atoms with van der Waals surface area (Å²) in [5, 5.41) is 6.68. The van der Waals surface area contributed by atoms with Crippen LogP contribution >= 0.6 is 0 Å². The van der Waals surface area contributed by atoms with Crippen LogP contribution < -0.4 is 10.6 Å². The van der Waals surface area contributed by atoms with Crippen molar-refractivity contribution in [1.82, 2.24) is 10.6 Å². The van der Waals surface area contributed by atoms with Gasteiger partial charge in [0.2, 0.25) is 5.91 Å². The maximum atomic E-state index is 12.4. The summed E-state index contributed by atoms with van der Waals surface area (Å²) >= 11 is 0. The minimum atomic E-state index is 0.157. The fraction of sp³-hybridized carbons (Fsp3) is 0.588. The number of hydrogen-bond donors (Lipinski definition) is 2. The van der Waals surface area contributed by atoms with Gasteiger partial charge in [0.15, 0.2) is 0 Å². The first-order valence-corrected chi connectivity index (χ1v) is 7.83. The fourth-order valence-corrected chi connectivity index (χ4v) is 3.36. The first-order chi connectivity index (χ1) is 9.72. The highest BCUT2D eigenvalue weighted by Crippen LogP contribution is 2.25. The summed E-state index contributed by atoms with van der Waals surface area (Å²) in [5.41, 5.74) is 2.78. The molecule has 0 spiro atoms. The minimum Gasteiger partial charge on any atom is -0.352 e. The quantitative estimate of drug-likeness (QED) is 0.865. The monoisotopic (exact) mass is 272 g/mol. The van der Waals surface area contributed by atoms with E-state index in [4.69, 9.17) is 0 Å². The highest BCUT2D eigenvalue weighted by Gasteiger charge is 2.27. The molecule has 1 aliphatic carbocycles. The van der Waals surface area contributed by atoms with Gasteiger partial charge in [-0.3, -0.25) is 4.79 Å². The molecule has 3 atom stereocenters. The van der Waals surface area contributed by atoms with E-state index in [1.807, 2.05) is 0 Å². The van der Waals surface area contributed by atoms with E-state index in [9.17, 15) is 4.79 Å². The molecule has 0 saturated carbocycles. The first kappa shape index (κ1) is 13.6. The second-order valence-corrected chi connectivity index (χ2v) is 6.30. The molecule has 2 N–H and O–H groups in total. The summed E-state index contributed by atoms with van der Waals surface area (Å²) in [4.78, 5) is 12.4. The molecular weight excluding hydrogens is 248 g/mol. The summed E-state index contributed by atoms with van der Waals surface area (Å²) in [5.74, 6) is 0.408. The summed E-state index contributed by atoms with van der Waals surface area (Å²) in [6, 6.07) is 9.43. The van der Waals surface area contributed by atoms with E-state index in [1.54, 1.807) is 0 Å². The van der Waals surface area contributed by atoms with Gasteiger partial charge in [-0.2, -0.15) is 0 Å². The number of benzene rings is 1. The van der Waals surface area contributed by atoms with Crippen molar-refractivity contribution in [3.63, 3.8) is 0 Å². The lowest BCUT2D eigenvalue weighted by Gasteiger charge is -2.31. The maximum absolute atomic E-state index is 12.4. The Bertz CT molecular complexity index is 478. The summed E-state index contributed by atoms with van der Waals surface area (Å²) in [6.45, 7) is 3.12. The number of carbonyl (C=O) groups excluding carboxylic acids is 1. The predicted octanol–water partition coefficient (Wildman–Crippen LogP) is 2.05. The van der Waals surface area contributed by atoms with Crippen molar-refractivity contribution >= 4 is 5.91 Å². The van der Waals surface area contributed by atoms with Gasteiger partial charge in [0.05, 0.1) is 0 Å². The summed E-state index contributed by atoms with van der Waals surface area (Å²) in [6.07, 6.45) is 5.17. The molecular formula is C17H24N2O. The van der Waals surface area contributed by atoms with Crippen molar-refractivity contribution in [2.24, 2.45) is 5.92 Å². The van der Waals surface area contributed by atoms with Crippen LogP contribution in [0.15, 0.2) is 24.3 Å². The third-order valence-electron chi connectivity index (χ3n) is 4.72. The molecule has 3 rings (SSSR count). The van der Waals surface area contributed by atoms with Gasteiger partial charge in [0.1, 0.15) is 0 Å². The van der Waals surface area contributed by atoms with Gasteiger partial charge in [-0.1, -0.05) is 24.3 Å². The van der Waals surface area contributed by atoms with E-state index in [-0.39, 0.29) is 11.8 Å². The zero-order chi connectivity index (χ0) is 13.9. The molecule has 1 fully saturated rings. The molecule has 3 unspecified atom stereocenters. The van der Waals surface area contributed by atoms with Crippen LogP contribution in [0.1, 0.15) is 37.3 Å². The molecule has 1 heterocycles. The highest BCUT2D eigenvalue weighted by molar-refractivity contribution is 5.79. The lowest BCUT2D eigenvalue weighted by atomic mass is 9.83. The molecule has 1 aromatic rings. The molecule has 3 nitrogen and oxygen atoms in total. The lowest BCUT2D eigenvalue weighted by molar-refractivity contribution is -0.126. The topological polar surface area (TPSA) is 41.1 Å². The molecule has 1 amide bonds. The van der Waals surface area contributed by atoms with Crippen molar-refractivity contribution in [2.75, 3.05) is 6.54 Å². The van der Waals surface area contributed by atoms with E-state index in [1.165, 1.54) is 11.1 Å². The Kier molecular flexibility index (Phi) is 4.06. The molecule has 3 heteroatoms. The largest absolute Gasteiger partial charge is 0.352 e. The van der Waals surface area contributed by atoms with Crippen LogP contribution in [0.25, 0.3) is 0 Å². The van der Waals surface area contributed by atoms with Crippen LogP contribution in [0.4, 0.5) is 0 Å². The third kappa shape index (κ3) is 3.04. The van der Waals surface area contributed by atoms with Gasteiger partial charge in [0, 0.05) is 24.5 Å². The Morgan fingerprint density at radius 1 is 1.20 bits per heavy atom. The van der Waals surface area contributed by atoms with Crippen molar-refractivity contribution in [3.05, 3.63) is 35.4 Å². The van der Waals surface area contributed by atoms with Crippen LogP contribution in [-0.4, -0.2) is 24.5 Å². The van der Waals surface area contributed by atoms with Crippen molar-refractivity contribution in [3.8, 4) is 0 Å². The molecule has 20 heavy (non-hydrogen) atoms. The second-order valence-electron chi connectivity index (χ2n) is 6.30. The van der Waals surface area contributed by atoms with Crippen LogP contribution in [0.5, 0.6) is 0 Å². The van der Waals surface area contributed by atoms with Crippen molar-refractivity contribution < 1.29 is 4.79 Å². The molecule has 0 radical (unpaired) electrons. The molecule has 1 aliphatic heterocycles. The van der Waals surface area contributed by atoms with Crippen LogP contribution in [0, 0.1) is 5.92 Å². The van der Waals surface area contributed by atoms with Gasteiger partial charge in [-0.15, -0.1) is 0 Å². The number of piperidine rings is 1. The Balaban J connectivity index is 1.56. The van der Waals surface area contributed by atoms with Gasteiger partial charge in [-0.05, 0) is 50.2 Å². The van der Waals surface area contributed by atoms with Gasteiger partial charge in [0.25, 0.3) is 0 Å². The minimum absolute atomic E-state index is 0.157. The molecule has 0 aromatic heterocycles. The highest BCUT2D eigenvalue weighted by atomic mass is 16.1. The number of carbonyl (C=O) groups is 1.